The van der Waals surface area contributed by atoms with Gasteiger partial charge in [0.15, 0.2) is 5.41 Å². The van der Waals surface area contributed by atoms with Crippen molar-refractivity contribution in [1.82, 2.24) is 0 Å². The minimum atomic E-state index is -1.50. The van der Waals surface area contributed by atoms with E-state index in [0.717, 1.165) is 0 Å². The molecule has 0 aromatic carbocycles. The minimum absolute atomic E-state index is 0.0822. The van der Waals surface area contributed by atoms with Gasteiger partial charge in [-0.1, -0.05) is 19.9 Å². The van der Waals surface area contributed by atoms with E-state index in [2.05, 4.69) is 6.58 Å². The predicted molar refractivity (Wildman–Crippen MR) is 56.4 cm³/mol. The zero-order valence-corrected chi connectivity index (χ0v) is 9.45. The lowest BCUT2D eigenvalue weighted by Crippen LogP contribution is -2.44. The highest BCUT2D eigenvalue weighted by Crippen LogP contribution is 2.34. The molecule has 0 aliphatic carbocycles. The summed E-state index contributed by atoms with van der Waals surface area (Å²) in [6.45, 7) is 8.69. The van der Waals surface area contributed by atoms with Crippen LogP contribution < -0.4 is 0 Å². The Bertz CT molecular complexity index is 257. The van der Waals surface area contributed by atoms with E-state index in [4.69, 9.17) is 4.74 Å². The van der Waals surface area contributed by atoms with E-state index in [0.29, 0.717) is 0 Å². The van der Waals surface area contributed by atoms with Crippen molar-refractivity contribution in [3.05, 3.63) is 12.7 Å². The van der Waals surface area contributed by atoms with Crippen molar-refractivity contribution < 1.29 is 19.4 Å². The van der Waals surface area contributed by atoms with Crippen LogP contribution in [0.25, 0.3) is 0 Å². The standard InChI is InChI=1S/C11H18O4/c1-5-7-11(8(3)4,9(12)13)10(14)15-6-2/h5,8H,1,6-7H2,2-4H3,(H,12,13). The lowest BCUT2D eigenvalue weighted by Gasteiger charge is -2.29. The SMILES string of the molecule is C=CCC(C(=O)O)(C(=O)OCC)C(C)C. The Labute approximate surface area is 89.9 Å². The molecule has 0 saturated carbocycles. The van der Waals surface area contributed by atoms with Crippen LogP contribution in [0, 0.1) is 11.3 Å². The van der Waals surface area contributed by atoms with Gasteiger partial charge in [0.2, 0.25) is 0 Å². The molecule has 0 rings (SSSR count). The zero-order valence-electron chi connectivity index (χ0n) is 9.45. The number of carbonyl (C=O) groups is 2. The molecule has 1 unspecified atom stereocenters. The van der Waals surface area contributed by atoms with Crippen LogP contribution in [-0.4, -0.2) is 23.7 Å². The van der Waals surface area contributed by atoms with E-state index in [-0.39, 0.29) is 18.9 Å². The fraction of sp³-hybridized carbons (Fsp3) is 0.636. The third kappa shape index (κ3) is 2.58. The molecule has 0 bridgehead atoms. The molecule has 0 aliphatic heterocycles. The fourth-order valence-electron chi connectivity index (χ4n) is 1.46. The molecule has 0 saturated heterocycles. The van der Waals surface area contributed by atoms with Crippen LogP contribution in [0.3, 0.4) is 0 Å². The van der Waals surface area contributed by atoms with E-state index in [1.54, 1.807) is 20.8 Å². The third-order valence-electron chi connectivity index (χ3n) is 2.47. The Balaban J connectivity index is 5.20. The van der Waals surface area contributed by atoms with Gasteiger partial charge in [-0.3, -0.25) is 9.59 Å². The molecule has 4 heteroatoms. The Kier molecular flexibility index (Phi) is 5.05. The van der Waals surface area contributed by atoms with Crippen molar-refractivity contribution in [3.63, 3.8) is 0 Å². The number of carbonyl (C=O) groups excluding carboxylic acids is 1. The second-order valence-electron chi connectivity index (χ2n) is 3.64. The Morgan fingerprint density at radius 3 is 2.33 bits per heavy atom. The smallest absolute Gasteiger partial charge is 0.324 e. The predicted octanol–water partition coefficient (Wildman–Crippen LogP) is 1.85. The highest BCUT2D eigenvalue weighted by atomic mass is 16.5. The van der Waals surface area contributed by atoms with Crippen molar-refractivity contribution in [3.8, 4) is 0 Å². The first-order valence-corrected chi connectivity index (χ1v) is 4.95. The number of ether oxygens (including phenoxy) is 1. The number of allylic oxidation sites excluding steroid dienone is 1. The van der Waals surface area contributed by atoms with E-state index in [9.17, 15) is 14.7 Å². The summed E-state index contributed by atoms with van der Waals surface area (Å²) in [5, 5.41) is 9.17. The highest BCUT2D eigenvalue weighted by molar-refractivity contribution is 5.99. The summed E-state index contributed by atoms with van der Waals surface area (Å²) >= 11 is 0. The molecule has 0 aliphatic rings. The average molecular weight is 214 g/mol. The Morgan fingerprint density at radius 2 is 2.07 bits per heavy atom. The molecule has 0 heterocycles. The quantitative estimate of drug-likeness (QED) is 0.416. The summed E-state index contributed by atoms with van der Waals surface area (Å²) in [5.41, 5.74) is -1.50. The summed E-state index contributed by atoms with van der Waals surface area (Å²) in [7, 11) is 0. The third-order valence-corrected chi connectivity index (χ3v) is 2.47. The first kappa shape index (κ1) is 13.7. The lowest BCUT2D eigenvalue weighted by molar-refractivity contribution is -0.172. The fourth-order valence-corrected chi connectivity index (χ4v) is 1.46. The largest absolute Gasteiger partial charge is 0.480 e. The van der Waals surface area contributed by atoms with Gasteiger partial charge in [-0.05, 0) is 19.3 Å². The van der Waals surface area contributed by atoms with E-state index < -0.39 is 17.4 Å². The molecule has 0 fully saturated rings. The van der Waals surface area contributed by atoms with Gasteiger partial charge in [0.25, 0.3) is 0 Å². The van der Waals surface area contributed by atoms with Gasteiger partial charge >= 0.3 is 11.9 Å². The van der Waals surface area contributed by atoms with Crippen LogP contribution >= 0.6 is 0 Å². The molecule has 1 N–H and O–H groups in total. The highest BCUT2D eigenvalue weighted by Gasteiger charge is 2.49. The first-order chi connectivity index (χ1) is 6.93. The van der Waals surface area contributed by atoms with E-state index in [1.807, 2.05) is 0 Å². The normalized spacial score (nSPS) is 14.4. The van der Waals surface area contributed by atoms with Crippen molar-refractivity contribution >= 4 is 11.9 Å². The Hall–Kier alpha value is -1.32. The number of carboxylic acids is 1. The number of esters is 1. The maximum Gasteiger partial charge on any atom is 0.324 e. The summed E-state index contributed by atoms with van der Waals surface area (Å²) < 4.78 is 4.82. The monoisotopic (exact) mass is 214 g/mol. The van der Waals surface area contributed by atoms with Crippen molar-refractivity contribution in [1.29, 1.82) is 0 Å². The number of aliphatic carboxylic acids is 1. The summed E-state index contributed by atoms with van der Waals surface area (Å²) in [6.07, 6.45) is 1.52. The second kappa shape index (κ2) is 5.53. The zero-order chi connectivity index (χ0) is 12.1. The van der Waals surface area contributed by atoms with Gasteiger partial charge in [0.1, 0.15) is 0 Å². The maximum atomic E-state index is 11.7. The van der Waals surface area contributed by atoms with Crippen molar-refractivity contribution in [2.24, 2.45) is 11.3 Å². The molecule has 15 heavy (non-hydrogen) atoms. The topological polar surface area (TPSA) is 63.6 Å². The number of carboxylic acid groups (broad SMARTS) is 1. The molecule has 86 valence electrons. The molecular weight excluding hydrogens is 196 g/mol. The Morgan fingerprint density at radius 1 is 1.53 bits per heavy atom. The van der Waals surface area contributed by atoms with Crippen molar-refractivity contribution in [2.45, 2.75) is 27.2 Å². The summed E-state index contributed by atoms with van der Waals surface area (Å²) in [4.78, 5) is 22.9. The molecule has 0 aromatic heterocycles. The molecular formula is C11H18O4. The number of rotatable bonds is 6. The van der Waals surface area contributed by atoms with Gasteiger partial charge in [0.05, 0.1) is 6.61 Å². The van der Waals surface area contributed by atoms with Gasteiger partial charge in [-0.25, -0.2) is 0 Å². The van der Waals surface area contributed by atoms with Crippen molar-refractivity contribution in [2.75, 3.05) is 6.61 Å². The molecule has 1 atom stereocenters. The first-order valence-electron chi connectivity index (χ1n) is 4.95. The van der Waals surface area contributed by atoms with Crippen LogP contribution in [0.1, 0.15) is 27.2 Å². The van der Waals surface area contributed by atoms with Gasteiger partial charge in [-0.2, -0.15) is 0 Å². The van der Waals surface area contributed by atoms with E-state index >= 15 is 0 Å². The molecule has 0 aromatic rings. The molecule has 0 radical (unpaired) electrons. The van der Waals surface area contributed by atoms with Crippen LogP contribution in [0.2, 0.25) is 0 Å². The molecule has 0 amide bonds. The van der Waals surface area contributed by atoms with Gasteiger partial charge in [-0.15, -0.1) is 6.58 Å². The lowest BCUT2D eigenvalue weighted by atomic mass is 9.74. The van der Waals surface area contributed by atoms with Gasteiger partial charge in [0, 0.05) is 0 Å². The summed E-state index contributed by atoms with van der Waals surface area (Å²) in [6, 6.07) is 0. The minimum Gasteiger partial charge on any atom is -0.480 e. The van der Waals surface area contributed by atoms with E-state index in [1.165, 1.54) is 6.08 Å². The van der Waals surface area contributed by atoms with Crippen LogP contribution in [0.15, 0.2) is 12.7 Å². The van der Waals surface area contributed by atoms with Crippen LogP contribution in [-0.2, 0) is 14.3 Å². The van der Waals surface area contributed by atoms with Gasteiger partial charge < -0.3 is 9.84 Å². The summed E-state index contributed by atoms with van der Waals surface area (Å²) in [5.74, 6) is -2.18. The number of hydrogen-bond acceptors (Lipinski definition) is 3. The van der Waals surface area contributed by atoms with Crippen LogP contribution in [0.5, 0.6) is 0 Å². The number of hydrogen-bond donors (Lipinski definition) is 1. The average Bonchev–Trinajstić information content (AvgIpc) is 2.13. The molecule has 4 nitrogen and oxygen atoms in total. The molecule has 0 spiro atoms. The maximum absolute atomic E-state index is 11.7. The second-order valence-corrected chi connectivity index (χ2v) is 3.64. The van der Waals surface area contributed by atoms with Crippen LogP contribution in [0.4, 0.5) is 0 Å².